The maximum absolute atomic E-state index is 14.2. The summed E-state index contributed by atoms with van der Waals surface area (Å²) in [6.45, 7) is 4.30. The number of carbonyl (C=O) groups excluding carboxylic acids is 2. The van der Waals surface area contributed by atoms with Gasteiger partial charge in [0.2, 0.25) is 5.91 Å². The third-order valence-electron chi connectivity index (χ3n) is 6.30. The predicted octanol–water partition coefficient (Wildman–Crippen LogP) is 3.03. The van der Waals surface area contributed by atoms with Gasteiger partial charge in [0.1, 0.15) is 17.7 Å². The maximum atomic E-state index is 14.2. The number of aryl methyl sites for hydroxylation is 1. The van der Waals surface area contributed by atoms with Crippen LogP contribution in [0.1, 0.15) is 25.3 Å². The molecule has 0 radical (unpaired) electrons. The van der Waals surface area contributed by atoms with E-state index in [0.717, 1.165) is 11.3 Å². The lowest BCUT2D eigenvalue weighted by Gasteiger charge is -2.38. The molecule has 2 unspecified atom stereocenters. The van der Waals surface area contributed by atoms with Crippen molar-refractivity contribution >= 4 is 17.5 Å². The summed E-state index contributed by atoms with van der Waals surface area (Å²) in [5.74, 6) is -1.21. The topological polar surface area (TPSA) is 91.3 Å². The van der Waals surface area contributed by atoms with E-state index in [1.165, 1.54) is 13.2 Å². The van der Waals surface area contributed by atoms with Crippen LogP contribution in [0.2, 0.25) is 0 Å². The molecule has 1 saturated heterocycles. The molecular formula is C26H34FN3O5. The molecule has 2 amide bonds. The van der Waals surface area contributed by atoms with Crippen molar-refractivity contribution in [3.8, 4) is 5.75 Å². The molecule has 9 heteroatoms. The minimum Gasteiger partial charge on any atom is -0.494 e. The van der Waals surface area contributed by atoms with E-state index in [4.69, 9.17) is 9.47 Å². The second-order valence-corrected chi connectivity index (χ2v) is 8.47. The van der Waals surface area contributed by atoms with E-state index in [2.05, 4.69) is 0 Å². The second-order valence-electron chi connectivity index (χ2n) is 8.47. The van der Waals surface area contributed by atoms with E-state index in [0.29, 0.717) is 57.7 Å². The number of benzene rings is 2. The molecule has 1 aliphatic heterocycles. The summed E-state index contributed by atoms with van der Waals surface area (Å²) in [5.41, 5.74) is 3.23. The van der Waals surface area contributed by atoms with Gasteiger partial charge in [0.15, 0.2) is 0 Å². The van der Waals surface area contributed by atoms with Gasteiger partial charge in [0, 0.05) is 33.3 Å². The number of hydrogen-bond acceptors (Lipinski definition) is 6. The monoisotopic (exact) mass is 487 g/mol. The predicted molar refractivity (Wildman–Crippen MR) is 130 cm³/mol. The molecule has 0 bridgehead atoms. The highest BCUT2D eigenvalue weighted by Gasteiger charge is 2.37. The number of piperazine rings is 1. The van der Waals surface area contributed by atoms with Crippen LogP contribution >= 0.6 is 0 Å². The minimum atomic E-state index is -1.11. The Hall–Kier alpha value is -3.17. The number of hydroxylamine groups is 1. The molecule has 190 valence electrons. The van der Waals surface area contributed by atoms with Crippen molar-refractivity contribution in [2.45, 2.75) is 32.3 Å². The zero-order chi connectivity index (χ0) is 25.2. The molecule has 1 heterocycles. The van der Waals surface area contributed by atoms with Gasteiger partial charge in [-0.05, 0) is 56.0 Å². The van der Waals surface area contributed by atoms with Crippen LogP contribution in [0, 0.1) is 11.7 Å². The molecule has 3 rings (SSSR count). The Morgan fingerprint density at radius 1 is 1.09 bits per heavy atom. The summed E-state index contributed by atoms with van der Waals surface area (Å²) in [7, 11) is 1.35. The third-order valence-corrected chi connectivity index (χ3v) is 6.30. The Morgan fingerprint density at radius 3 is 2.37 bits per heavy atom. The average Bonchev–Trinajstić information content (AvgIpc) is 2.89. The standard InChI is InChI=1S/C26H34FN3O5/c1-3-35-20-13-11-19(12-14-20)7-6-8-21(24(34-2)25(31)28-33)26(32)30-17-15-29(16-18-30)23-10-5-4-9-22(23)27/h4-5,9-14,21,24,33H,3,6-8,15-18H2,1-2H3,(H,28,31). The van der Waals surface area contributed by atoms with Crippen LogP contribution in [-0.2, 0) is 20.7 Å². The summed E-state index contributed by atoms with van der Waals surface area (Å²) in [4.78, 5) is 29.3. The molecule has 35 heavy (non-hydrogen) atoms. The van der Waals surface area contributed by atoms with Crippen LogP contribution in [0.25, 0.3) is 0 Å². The molecule has 2 aromatic carbocycles. The number of halogens is 1. The molecule has 2 atom stereocenters. The molecule has 0 spiro atoms. The van der Waals surface area contributed by atoms with E-state index in [9.17, 15) is 19.2 Å². The SMILES string of the molecule is CCOc1ccc(CCCC(C(=O)N2CCN(c3ccccc3F)CC2)C(OC)C(=O)NO)cc1. The minimum absolute atomic E-state index is 0.208. The van der Waals surface area contributed by atoms with E-state index in [1.54, 1.807) is 28.6 Å². The van der Waals surface area contributed by atoms with E-state index >= 15 is 0 Å². The van der Waals surface area contributed by atoms with Crippen LogP contribution in [0.15, 0.2) is 48.5 Å². The summed E-state index contributed by atoms with van der Waals surface area (Å²) < 4.78 is 25.0. The number of carbonyl (C=O) groups is 2. The normalized spacial score (nSPS) is 15.4. The Morgan fingerprint density at radius 2 is 1.77 bits per heavy atom. The van der Waals surface area contributed by atoms with E-state index < -0.39 is 17.9 Å². The molecule has 0 aromatic heterocycles. The van der Waals surface area contributed by atoms with Gasteiger partial charge >= 0.3 is 0 Å². The van der Waals surface area contributed by atoms with E-state index in [-0.39, 0.29) is 11.7 Å². The lowest BCUT2D eigenvalue weighted by atomic mass is 9.92. The Balaban J connectivity index is 1.64. The lowest BCUT2D eigenvalue weighted by molar-refractivity contribution is -0.153. The van der Waals surface area contributed by atoms with Gasteiger partial charge in [-0.3, -0.25) is 14.8 Å². The van der Waals surface area contributed by atoms with Gasteiger partial charge in [-0.1, -0.05) is 24.3 Å². The first kappa shape index (κ1) is 26.4. The summed E-state index contributed by atoms with van der Waals surface area (Å²) in [5, 5.41) is 9.18. The molecule has 8 nitrogen and oxygen atoms in total. The van der Waals surface area contributed by atoms with Crippen molar-refractivity contribution < 1.29 is 28.7 Å². The molecular weight excluding hydrogens is 453 g/mol. The smallest absolute Gasteiger partial charge is 0.273 e. The molecule has 2 N–H and O–H groups in total. The second kappa shape index (κ2) is 13.1. The first-order chi connectivity index (χ1) is 17.0. The highest BCUT2D eigenvalue weighted by atomic mass is 19.1. The van der Waals surface area contributed by atoms with Crippen molar-refractivity contribution in [2.24, 2.45) is 5.92 Å². The van der Waals surface area contributed by atoms with Gasteiger partial charge in [-0.15, -0.1) is 0 Å². The fraction of sp³-hybridized carbons (Fsp3) is 0.462. The molecule has 1 fully saturated rings. The fourth-order valence-corrected chi connectivity index (χ4v) is 4.48. The van der Waals surface area contributed by atoms with E-state index in [1.807, 2.05) is 36.1 Å². The average molecular weight is 488 g/mol. The number of methoxy groups -OCH3 is 1. The zero-order valence-electron chi connectivity index (χ0n) is 20.3. The van der Waals surface area contributed by atoms with Gasteiger partial charge in [-0.2, -0.15) is 0 Å². The number of ether oxygens (including phenoxy) is 2. The molecule has 1 aliphatic rings. The summed E-state index contributed by atoms with van der Waals surface area (Å²) >= 11 is 0. The molecule has 0 aliphatic carbocycles. The number of anilines is 1. The highest BCUT2D eigenvalue weighted by Crippen LogP contribution is 2.24. The van der Waals surface area contributed by atoms with Crippen LogP contribution < -0.4 is 15.1 Å². The van der Waals surface area contributed by atoms with Crippen LogP contribution in [0.4, 0.5) is 10.1 Å². The van der Waals surface area contributed by atoms with Crippen molar-refractivity contribution in [1.29, 1.82) is 0 Å². The van der Waals surface area contributed by atoms with Crippen molar-refractivity contribution in [3.05, 3.63) is 59.9 Å². The Bertz CT molecular complexity index is 964. The van der Waals surface area contributed by atoms with Crippen molar-refractivity contribution in [2.75, 3.05) is 44.8 Å². The first-order valence-corrected chi connectivity index (χ1v) is 11.9. The first-order valence-electron chi connectivity index (χ1n) is 11.9. The van der Waals surface area contributed by atoms with Gasteiger partial charge in [0.25, 0.3) is 5.91 Å². The van der Waals surface area contributed by atoms with Crippen LogP contribution in [0.5, 0.6) is 5.75 Å². The summed E-state index contributed by atoms with van der Waals surface area (Å²) in [6, 6.07) is 14.4. The van der Waals surface area contributed by atoms with Gasteiger partial charge < -0.3 is 19.3 Å². The number of para-hydroxylation sites is 1. The Kier molecular flexibility index (Phi) is 9.86. The lowest BCUT2D eigenvalue weighted by Crippen LogP contribution is -2.54. The number of amides is 2. The van der Waals surface area contributed by atoms with Gasteiger partial charge in [-0.25, -0.2) is 9.87 Å². The fourth-order valence-electron chi connectivity index (χ4n) is 4.48. The number of nitrogens with one attached hydrogen (secondary N) is 1. The van der Waals surface area contributed by atoms with Crippen molar-refractivity contribution in [3.63, 3.8) is 0 Å². The zero-order valence-corrected chi connectivity index (χ0v) is 20.3. The van der Waals surface area contributed by atoms with Crippen molar-refractivity contribution in [1.82, 2.24) is 10.4 Å². The maximum Gasteiger partial charge on any atom is 0.273 e. The summed E-state index contributed by atoms with van der Waals surface area (Å²) in [6.07, 6.45) is 0.662. The van der Waals surface area contributed by atoms with Crippen LogP contribution in [-0.4, -0.2) is 67.9 Å². The van der Waals surface area contributed by atoms with Gasteiger partial charge in [0.05, 0.1) is 18.2 Å². The molecule has 0 saturated carbocycles. The number of rotatable bonds is 11. The highest BCUT2D eigenvalue weighted by molar-refractivity contribution is 5.89. The largest absolute Gasteiger partial charge is 0.494 e. The number of nitrogens with zero attached hydrogens (tertiary/aromatic N) is 2. The third kappa shape index (κ3) is 6.93. The molecule has 2 aromatic rings. The number of hydrogen-bond donors (Lipinski definition) is 2. The Labute approximate surface area is 205 Å². The van der Waals surface area contributed by atoms with Crippen LogP contribution in [0.3, 0.4) is 0 Å². The quantitative estimate of drug-likeness (QED) is 0.374.